The highest BCUT2D eigenvalue weighted by Crippen LogP contribution is 2.67. The van der Waals surface area contributed by atoms with Crippen molar-refractivity contribution in [1.82, 2.24) is 0 Å². The lowest BCUT2D eigenvalue weighted by Gasteiger charge is -2.59. The first kappa shape index (κ1) is 16.5. The van der Waals surface area contributed by atoms with Crippen LogP contribution in [0.25, 0.3) is 0 Å². The third kappa shape index (κ3) is 1.88. The molecule has 132 valence electrons. The van der Waals surface area contributed by atoms with Crippen molar-refractivity contribution in [1.29, 1.82) is 0 Å². The lowest BCUT2D eigenvalue weighted by atomic mass is 9.45. The number of hydrogen-bond donors (Lipinski definition) is 1. The molecule has 0 heterocycles. The van der Waals surface area contributed by atoms with Crippen molar-refractivity contribution in [3.05, 3.63) is 11.6 Å². The van der Waals surface area contributed by atoms with Crippen molar-refractivity contribution in [2.45, 2.75) is 71.3 Å². The number of aliphatic hydroxyl groups is 1. The van der Waals surface area contributed by atoms with Gasteiger partial charge in [0.25, 0.3) is 0 Å². The van der Waals surface area contributed by atoms with Crippen molar-refractivity contribution < 1.29 is 14.7 Å². The third-order valence-corrected chi connectivity index (χ3v) is 8.64. The average Bonchev–Trinajstić information content (AvgIpc) is 2.77. The van der Waals surface area contributed by atoms with Crippen molar-refractivity contribution in [3.63, 3.8) is 0 Å². The molecule has 3 saturated carbocycles. The normalized spacial score (nSPS) is 53.7. The first-order valence-corrected chi connectivity index (χ1v) is 9.67. The fourth-order valence-corrected chi connectivity index (χ4v) is 7.03. The molecule has 4 rings (SSSR count). The summed E-state index contributed by atoms with van der Waals surface area (Å²) in [5, 5.41) is 11.0. The maximum Gasteiger partial charge on any atom is 0.137 e. The summed E-state index contributed by atoms with van der Waals surface area (Å²) in [5.74, 6) is 1.97. The van der Waals surface area contributed by atoms with E-state index in [1.54, 1.807) is 0 Å². The van der Waals surface area contributed by atoms with Gasteiger partial charge in [0, 0.05) is 12.8 Å². The molecule has 4 aliphatic rings. The van der Waals surface area contributed by atoms with Crippen LogP contribution in [-0.4, -0.2) is 22.8 Å². The van der Waals surface area contributed by atoms with E-state index in [1.165, 1.54) is 6.29 Å². The van der Waals surface area contributed by atoms with Gasteiger partial charge in [-0.3, -0.25) is 4.79 Å². The maximum atomic E-state index is 12.3. The molecule has 0 saturated heterocycles. The molecule has 1 N–H and O–H groups in total. The van der Waals surface area contributed by atoms with Crippen LogP contribution in [0.1, 0.15) is 65.7 Å². The zero-order chi connectivity index (χ0) is 17.3. The van der Waals surface area contributed by atoms with Gasteiger partial charge in [0.05, 0.1) is 11.0 Å². The van der Waals surface area contributed by atoms with Gasteiger partial charge in [-0.2, -0.15) is 0 Å². The Morgan fingerprint density at radius 1 is 1.17 bits per heavy atom. The number of hydrogen-bond acceptors (Lipinski definition) is 3. The predicted octanol–water partition coefficient (Wildman–Crippen LogP) is 3.69. The maximum absolute atomic E-state index is 12.3. The minimum Gasteiger partial charge on any atom is -0.390 e. The lowest BCUT2D eigenvalue weighted by Crippen LogP contribution is -2.56. The highest BCUT2D eigenvalue weighted by Gasteiger charge is 2.64. The summed E-state index contributed by atoms with van der Waals surface area (Å²) in [4.78, 5) is 24.3. The van der Waals surface area contributed by atoms with Gasteiger partial charge in [0.2, 0.25) is 0 Å². The highest BCUT2D eigenvalue weighted by atomic mass is 16.3. The summed E-state index contributed by atoms with van der Waals surface area (Å²) in [5.41, 5.74) is 0.0720. The van der Waals surface area contributed by atoms with Crippen molar-refractivity contribution >= 4 is 12.1 Å². The van der Waals surface area contributed by atoms with Gasteiger partial charge < -0.3 is 9.90 Å². The lowest BCUT2D eigenvalue weighted by molar-refractivity contribution is -0.140. The van der Waals surface area contributed by atoms with Crippen molar-refractivity contribution in [2.75, 3.05) is 0 Å². The molecule has 0 aromatic rings. The zero-order valence-corrected chi connectivity index (χ0v) is 15.2. The smallest absolute Gasteiger partial charge is 0.137 e. The molecule has 24 heavy (non-hydrogen) atoms. The van der Waals surface area contributed by atoms with E-state index in [4.69, 9.17) is 0 Å². The second-order valence-corrected chi connectivity index (χ2v) is 9.48. The Morgan fingerprint density at radius 3 is 2.58 bits per heavy atom. The fourth-order valence-electron chi connectivity index (χ4n) is 7.03. The number of allylic oxidation sites excluding steroid dienone is 2. The van der Waals surface area contributed by atoms with E-state index >= 15 is 0 Å². The Balaban J connectivity index is 1.79. The first-order chi connectivity index (χ1) is 11.2. The van der Waals surface area contributed by atoms with E-state index in [0.717, 1.165) is 31.3 Å². The Hall–Kier alpha value is -0.960. The number of rotatable bonds is 1. The molecule has 3 nitrogen and oxygen atoms in total. The molecule has 3 heteroatoms. The summed E-state index contributed by atoms with van der Waals surface area (Å²) in [7, 11) is 0. The van der Waals surface area contributed by atoms with E-state index in [0.29, 0.717) is 42.9 Å². The van der Waals surface area contributed by atoms with Crippen LogP contribution >= 0.6 is 0 Å². The van der Waals surface area contributed by atoms with Crippen molar-refractivity contribution in [2.24, 2.45) is 34.5 Å². The molecule has 4 aliphatic carbocycles. The van der Waals surface area contributed by atoms with E-state index in [1.807, 2.05) is 6.92 Å². The van der Waals surface area contributed by atoms with Gasteiger partial charge in [-0.15, -0.1) is 0 Å². The molecule has 0 radical (unpaired) electrons. The molecule has 0 amide bonds. The summed E-state index contributed by atoms with van der Waals surface area (Å²) in [6.07, 6.45) is 9.10. The molecule has 7 atom stereocenters. The van der Waals surface area contributed by atoms with Crippen LogP contribution in [0.2, 0.25) is 0 Å². The summed E-state index contributed by atoms with van der Waals surface area (Å²) in [6, 6.07) is 0. The molecule has 3 fully saturated rings. The highest BCUT2D eigenvalue weighted by molar-refractivity contribution is 5.86. The standard InChI is InChI=1S/C21H30O3/c1-13-10-14-11-15(23)4-9-21(14,12-22)17-5-7-19(2)16(18(13)17)6-8-20(19,3)24/h10,12-13,16-18,24H,4-9,11H2,1-3H3/t13?,16-,17+,18-,19-,20?,21+/m0/s1. The van der Waals surface area contributed by atoms with Crippen LogP contribution in [0.3, 0.4) is 0 Å². The summed E-state index contributed by atoms with van der Waals surface area (Å²) < 4.78 is 0. The number of ketones is 1. The predicted molar refractivity (Wildman–Crippen MR) is 92.3 cm³/mol. The Kier molecular flexibility index (Phi) is 3.46. The first-order valence-electron chi connectivity index (χ1n) is 9.67. The number of carbonyl (C=O) groups excluding carboxylic acids is 2. The number of Topliss-reactive ketones (excluding diaryl/α,β-unsaturated/α-hetero) is 1. The van der Waals surface area contributed by atoms with E-state index < -0.39 is 11.0 Å². The van der Waals surface area contributed by atoms with Crippen LogP contribution in [0.15, 0.2) is 11.6 Å². The number of carbonyl (C=O) groups is 2. The van der Waals surface area contributed by atoms with Crippen LogP contribution in [-0.2, 0) is 9.59 Å². The zero-order valence-electron chi connectivity index (χ0n) is 15.2. The monoisotopic (exact) mass is 330 g/mol. The van der Waals surface area contributed by atoms with Gasteiger partial charge in [-0.05, 0) is 68.1 Å². The summed E-state index contributed by atoms with van der Waals surface area (Å²) in [6.45, 7) is 6.54. The fraction of sp³-hybridized carbons (Fsp3) is 0.810. The second-order valence-electron chi connectivity index (χ2n) is 9.48. The van der Waals surface area contributed by atoms with Crippen molar-refractivity contribution in [3.8, 4) is 0 Å². The Labute approximate surface area is 144 Å². The molecule has 2 unspecified atom stereocenters. The number of fused-ring (bicyclic) bond motifs is 5. The van der Waals surface area contributed by atoms with Gasteiger partial charge in [0.1, 0.15) is 12.1 Å². The minimum atomic E-state index is -0.594. The molecular formula is C21H30O3. The van der Waals surface area contributed by atoms with E-state index in [9.17, 15) is 14.7 Å². The van der Waals surface area contributed by atoms with Gasteiger partial charge in [-0.1, -0.05) is 25.5 Å². The number of aldehydes is 1. The second kappa shape index (κ2) is 5.03. The van der Waals surface area contributed by atoms with Crippen LogP contribution in [0.5, 0.6) is 0 Å². The topological polar surface area (TPSA) is 54.4 Å². The third-order valence-electron chi connectivity index (χ3n) is 8.64. The Morgan fingerprint density at radius 2 is 1.88 bits per heavy atom. The average molecular weight is 330 g/mol. The van der Waals surface area contributed by atoms with Crippen LogP contribution in [0, 0.1) is 34.5 Å². The van der Waals surface area contributed by atoms with Gasteiger partial charge >= 0.3 is 0 Å². The molecule has 0 aliphatic heterocycles. The SMILES string of the molecule is CC1C=C2CC(=O)CC[C@]2(C=O)[C@@H]2CC[C@@]3(C)[C@@H](CCC3(C)O)[C@H]12. The van der Waals surface area contributed by atoms with E-state index in [-0.39, 0.29) is 11.2 Å². The molecule has 0 spiro atoms. The van der Waals surface area contributed by atoms with Gasteiger partial charge in [0.15, 0.2) is 0 Å². The minimum absolute atomic E-state index is 0.0394. The largest absolute Gasteiger partial charge is 0.390 e. The van der Waals surface area contributed by atoms with E-state index in [2.05, 4.69) is 19.9 Å². The molecular weight excluding hydrogens is 300 g/mol. The Bertz CT molecular complexity index is 619. The quantitative estimate of drug-likeness (QED) is 0.589. The molecule has 0 aromatic carbocycles. The molecule has 0 bridgehead atoms. The summed E-state index contributed by atoms with van der Waals surface area (Å²) >= 11 is 0. The van der Waals surface area contributed by atoms with Crippen LogP contribution in [0.4, 0.5) is 0 Å². The molecule has 0 aromatic heterocycles. The van der Waals surface area contributed by atoms with Crippen LogP contribution < -0.4 is 0 Å². The van der Waals surface area contributed by atoms with Gasteiger partial charge in [-0.25, -0.2) is 0 Å².